The first kappa shape index (κ1) is 10.4. The number of ether oxygens (including phenoxy) is 1. The molecule has 0 saturated carbocycles. The maximum absolute atomic E-state index is 12.5. The number of nitrogens with two attached hydrogens (primary N) is 1. The third-order valence-corrected chi connectivity index (χ3v) is 1.62. The van der Waals surface area contributed by atoms with Crippen LogP contribution >= 0.6 is 0 Å². The topological polar surface area (TPSA) is 65.2 Å². The second-order valence-electron chi connectivity index (χ2n) is 2.66. The van der Waals surface area contributed by atoms with Crippen LogP contribution in [0.25, 0.3) is 0 Å². The molecule has 0 bridgehead atoms. The molecule has 1 rings (SSSR count). The van der Waals surface area contributed by atoms with Crippen molar-refractivity contribution < 1.29 is 13.9 Å². The molecule has 0 spiro atoms. The van der Waals surface area contributed by atoms with Crippen LogP contribution in [0.1, 0.15) is 12.5 Å². The summed E-state index contributed by atoms with van der Waals surface area (Å²) in [6, 6.07) is 2.58. The normalized spacial score (nSPS) is 9.86. The fourth-order valence-corrected chi connectivity index (χ4v) is 0.996. The number of aromatic nitrogens is 1. The average Bonchev–Trinajstić information content (AvgIpc) is 2.10. The molecule has 1 heterocycles. The summed E-state index contributed by atoms with van der Waals surface area (Å²) in [6.45, 7) is 2.03. The van der Waals surface area contributed by atoms with Crippen molar-refractivity contribution in [1.29, 1.82) is 0 Å². The maximum atomic E-state index is 12.5. The molecule has 0 saturated heterocycles. The number of carbonyl (C=O) groups excluding carboxylic acids is 1. The molecule has 0 aliphatic heterocycles. The molecule has 0 radical (unpaired) electrons. The molecule has 0 amide bonds. The third kappa shape index (κ3) is 2.69. The van der Waals surface area contributed by atoms with Crippen LogP contribution in [0.2, 0.25) is 0 Å². The molecule has 1 aromatic heterocycles. The lowest BCUT2D eigenvalue weighted by atomic mass is 10.2. The van der Waals surface area contributed by atoms with Crippen molar-refractivity contribution in [2.75, 3.05) is 12.3 Å². The van der Waals surface area contributed by atoms with Crippen LogP contribution in [-0.4, -0.2) is 17.6 Å². The number of nitrogen functional groups attached to an aromatic ring is 1. The summed E-state index contributed by atoms with van der Waals surface area (Å²) in [5.74, 6) is -1.03. The summed E-state index contributed by atoms with van der Waals surface area (Å²) in [4.78, 5) is 14.4. The minimum absolute atomic E-state index is 0.0208. The summed E-state index contributed by atoms with van der Waals surface area (Å²) >= 11 is 0. The van der Waals surface area contributed by atoms with E-state index >= 15 is 0 Å². The molecule has 76 valence electrons. The molecular formula is C9H11FN2O2. The molecule has 0 aliphatic rings. The molecule has 14 heavy (non-hydrogen) atoms. The molecule has 5 heteroatoms. The summed E-state index contributed by atoms with van der Waals surface area (Å²) in [7, 11) is 0. The van der Waals surface area contributed by atoms with E-state index < -0.39 is 11.9 Å². The SMILES string of the molecule is CCOC(=O)Cc1ccc(F)nc1N. The number of carbonyl (C=O) groups is 1. The molecule has 0 aromatic carbocycles. The summed E-state index contributed by atoms with van der Waals surface area (Å²) < 4.78 is 17.2. The lowest BCUT2D eigenvalue weighted by molar-refractivity contribution is -0.142. The maximum Gasteiger partial charge on any atom is 0.310 e. The van der Waals surface area contributed by atoms with E-state index in [2.05, 4.69) is 4.98 Å². The van der Waals surface area contributed by atoms with E-state index in [1.165, 1.54) is 6.07 Å². The Morgan fingerprint density at radius 2 is 2.36 bits per heavy atom. The van der Waals surface area contributed by atoms with Gasteiger partial charge in [-0.2, -0.15) is 4.39 Å². The highest BCUT2D eigenvalue weighted by Crippen LogP contribution is 2.10. The highest BCUT2D eigenvalue weighted by molar-refractivity contribution is 5.74. The van der Waals surface area contributed by atoms with E-state index in [4.69, 9.17) is 10.5 Å². The van der Waals surface area contributed by atoms with Crippen LogP contribution in [-0.2, 0) is 16.0 Å². The Bertz CT molecular complexity index is 342. The van der Waals surface area contributed by atoms with Gasteiger partial charge in [-0.05, 0) is 13.0 Å². The van der Waals surface area contributed by atoms with E-state index in [-0.39, 0.29) is 12.2 Å². The number of esters is 1. The largest absolute Gasteiger partial charge is 0.466 e. The van der Waals surface area contributed by atoms with Gasteiger partial charge in [0.05, 0.1) is 13.0 Å². The van der Waals surface area contributed by atoms with Crippen LogP contribution in [0, 0.1) is 5.95 Å². The third-order valence-electron chi connectivity index (χ3n) is 1.62. The number of hydrogen-bond acceptors (Lipinski definition) is 4. The van der Waals surface area contributed by atoms with Crippen LogP contribution < -0.4 is 5.73 Å². The fraction of sp³-hybridized carbons (Fsp3) is 0.333. The zero-order valence-electron chi connectivity index (χ0n) is 7.79. The Balaban J connectivity index is 2.72. The zero-order chi connectivity index (χ0) is 10.6. The smallest absolute Gasteiger partial charge is 0.310 e. The highest BCUT2D eigenvalue weighted by atomic mass is 19.1. The minimum Gasteiger partial charge on any atom is -0.466 e. The monoisotopic (exact) mass is 198 g/mol. The number of halogens is 1. The number of hydrogen-bond donors (Lipinski definition) is 1. The predicted octanol–water partition coefficient (Wildman–Crippen LogP) is 0.909. The fourth-order valence-electron chi connectivity index (χ4n) is 0.996. The number of anilines is 1. The Hall–Kier alpha value is -1.65. The standard InChI is InChI=1S/C9H11FN2O2/c1-2-14-8(13)5-6-3-4-7(10)12-9(6)11/h3-4H,2,5H2,1H3,(H2,11,12). The van der Waals surface area contributed by atoms with Gasteiger partial charge in [0, 0.05) is 5.56 Å². The van der Waals surface area contributed by atoms with E-state index in [0.717, 1.165) is 6.07 Å². The lowest BCUT2D eigenvalue weighted by Crippen LogP contribution is -2.10. The number of nitrogens with zero attached hydrogens (tertiary/aromatic N) is 1. The Morgan fingerprint density at radius 3 is 2.93 bits per heavy atom. The van der Waals surface area contributed by atoms with Crippen molar-refractivity contribution in [3.8, 4) is 0 Å². The van der Waals surface area contributed by atoms with Crippen molar-refractivity contribution in [3.05, 3.63) is 23.6 Å². The van der Waals surface area contributed by atoms with Gasteiger partial charge in [0.2, 0.25) is 5.95 Å². The van der Waals surface area contributed by atoms with Gasteiger partial charge in [-0.3, -0.25) is 4.79 Å². The van der Waals surface area contributed by atoms with Gasteiger partial charge in [-0.15, -0.1) is 0 Å². The van der Waals surface area contributed by atoms with Gasteiger partial charge in [-0.1, -0.05) is 6.07 Å². The van der Waals surface area contributed by atoms with E-state index in [9.17, 15) is 9.18 Å². The lowest BCUT2D eigenvalue weighted by Gasteiger charge is -2.04. The van der Waals surface area contributed by atoms with Crippen molar-refractivity contribution in [2.45, 2.75) is 13.3 Å². The van der Waals surface area contributed by atoms with Crippen LogP contribution in [0.15, 0.2) is 12.1 Å². The van der Waals surface area contributed by atoms with Crippen molar-refractivity contribution in [1.82, 2.24) is 4.98 Å². The quantitative estimate of drug-likeness (QED) is 0.579. The van der Waals surface area contributed by atoms with Gasteiger partial charge >= 0.3 is 5.97 Å². The first-order valence-electron chi connectivity index (χ1n) is 4.20. The van der Waals surface area contributed by atoms with Crippen LogP contribution in [0.3, 0.4) is 0 Å². The summed E-state index contributed by atoms with van der Waals surface area (Å²) in [5, 5.41) is 0. The van der Waals surface area contributed by atoms with Gasteiger partial charge in [0.1, 0.15) is 5.82 Å². The van der Waals surface area contributed by atoms with Crippen molar-refractivity contribution in [2.24, 2.45) is 0 Å². The molecule has 0 fully saturated rings. The molecule has 2 N–H and O–H groups in total. The Morgan fingerprint density at radius 1 is 1.64 bits per heavy atom. The van der Waals surface area contributed by atoms with Gasteiger partial charge in [0.25, 0.3) is 0 Å². The Labute approximate surface area is 80.9 Å². The number of pyridine rings is 1. The predicted molar refractivity (Wildman–Crippen MR) is 48.9 cm³/mol. The van der Waals surface area contributed by atoms with E-state index in [1.807, 2.05) is 0 Å². The second-order valence-corrected chi connectivity index (χ2v) is 2.66. The van der Waals surface area contributed by atoms with Crippen molar-refractivity contribution in [3.63, 3.8) is 0 Å². The first-order chi connectivity index (χ1) is 6.63. The van der Waals surface area contributed by atoms with Gasteiger partial charge in [0.15, 0.2) is 0 Å². The zero-order valence-corrected chi connectivity index (χ0v) is 7.79. The molecule has 1 aromatic rings. The molecular weight excluding hydrogens is 187 g/mol. The second kappa shape index (κ2) is 4.55. The summed E-state index contributed by atoms with van der Waals surface area (Å²) in [6.07, 6.45) is 0.0208. The minimum atomic E-state index is -0.657. The Kier molecular flexibility index (Phi) is 3.39. The van der Waals surface area contributed by atoms with Gasteiger partial charge in [-0.25, -0.2) is 4.98 Å². The van der Waals surface area contributed by atoms with Crippen molar-refractivity contribution >= 4 is 11.8 Å². The molecule has 4 nitrogen and oxygen atoms in total. The van der Waals surface area contributed by atoms with E-state index in [0.29, 0.717) is 12.2 Å². The number of rotatable bonds is 3. The summed E-state index contributed by atoms with van der Waals surface area (Å²) in [5.41, 5.74) is 5.88. The van der Waals surface area contributed by atoms with Crippen LogP contribution in [0.4, 0.5) is 10.2 Å². The molecule has 0 unspecified atom stereocenters. The highest BCUT2D eigenvalue weighted by Gasteiger charge is 2.08. The molecule has 0 aliphatic carbocycles. The molecule has 0 atom stereocenters. The van der Waals surface area contributed by atoms with E-state index in [1.54, 1.807) is 6.92 Å². The van der Waals surface area contributed by atoms with Crippen LogP contribution in [0.5, 0.6) is 0 Å². The average molecular weight is 198 g/mol. The first-order valence-corrected chi connectivity index (χ1v) is 4.20. The van der Waals surface area contributed by atoms with Gasteiger partial charge < -0.3 is 10.5 Å².